The van der Waals surface area contributed by atoms with Gasteiger partial charge in [-0.3, -0.25) is 4.79 Å². The van der Waals surface area contributed by atoms with Crippen LogP contribution in [-0.2, 0) is 7.05 Å². The van der Waals surface area contributed by atoms with Gasteiger partial charge in [0, 0.05) is 36.8 Å². The van der Waals surface area contributed by atoms with Crippen molar-refractivity contribution < 1.29 is 4.79 Å². The molecule has 1 fully saturated rings. The van der Waals surface area contributed by atoms with Gasteiger partial charge in [0.25, 0.3) is 5.91 Å². The highest BCUT2D eigenvalue weighted by molar-refractivity contribution is 6.09. The molecule has 1 aliphatic heterocycles. The van der Waals surface area contributed by atoms with Crippen LogP contribution in [0.4, 0.5) is 11.5 Å². The number of anilines is 2. The Kier molecular flexibility index (Phi) is 4.63. The predicted octanol–water partition coefficient (Wildman–Crippen LogP) is 3.88. The average Bonchev–Trinajstić information content (AvgIpc) is 3.45. The summed E-state index contributed by atoms with van der Waals surface area (Å²) in [6.07, 6.45) is 3.91. The number of fused-ring (bicyclic) bond motifs is 1. The SMILES string of the molecule is Cn1cnnc1-c1ccc(NC(=O)c2cc3ccccc3nc2N2CCCC2)cc1. The molecule has 30 heavy (non-hydrogen) atoms. The van der Waals surface area contributed by atoms with E-state index >= 15 is 0 Å². The number of hydrogen-bond donors (Lipinski definition) is 1. The molecule has 0 radical (unpaired) electrons. The number of nitrogens with zero attached hydrogens (tertiary/aromatic N) is 5. The van der Waals surface area contributed by atoms with Crippen molar-refractivity contribution in [2.75, 3.05) is 23.3 Å². The minimum absolute atomic E-state index is 0.151. The maximum atomic E-state index is 13.2. The molecule has 1 amide bonds. The Morgan fingerprint density at radius 3 is 2.53 bits per heavy atom. The van der Waals surface area contributed by atoms with Gasteiger partial charge in [-0.2, -0.15) is 0 Å². The number of hydrogen-bond acceptors (Lipinski definition) is 5. The van der Waals surface area contributed by atoms with Gasteiger partial charge in [-0.1, -0.05) is 18.2 Å². The topological polar surface area (TPSA) is 75.9 Å². The third-order valence-corrected chi connectivity index (χ3v) is 5.47. The van der Waals surface area contributed by atoms with Gasteiger partial charge in [0.05, 0.1) is 11.1 Å². The van der Waals surface area contributed by atoms with E-state index in [9.17, 15) is 4.79 Å². The molecule has 4 aromatic rings. The smallest absolute Gasteiger partial charge is 0.259 e. The second-order valence-electron chi connectivity index (χ2n) is 7.54. The van der Waals surface area contributed by atoms with Crippen molar-refractivity contribution in [2.24, 2.45) is 7.05 Å². The molecule has 0 unspecified atom stereocenters. The molecule has 5 rings (SSSR count). The van der Waals surface area contributed by atoms with E-state index in [0.717, 1.165) is 59.7 Å². The molecular formula is C23H22N6O. The summed E-state index contributed by atoms with van der Waals surface area (Å²) in [5, 5.41) is 12.0. The van der Waals surface area contributed by atoms with Crippen molar-refractivity contribution in [1.82, 2.24) is 19.7 Å². The number of amides is 1. The second kappa shape index (κ2) is 7.59. The van der Waals surface area contributed by atoms with E-state index in [1.54, 1.807) is 6.33 Å². The molecule has 150 valence electrons. The molecule has 7 nitrogen and oxygen atoms in total. The highest BCUT2D eigenvalue weighted by Crippen LogP contribution is 2.28. The van der Waals surface area contributed by atoms with E-state index in [2.05, 4.69) is 20.4 Å². The van der Waals surface area contributed by atoms with Crippen LogP contribution < -0.4 is 10.2 Å². The van der Waals surface area contributed by atoms with Crippen LogP contribution >= 0.6 is 0 Å². The third kappa shape index (κ3) is 3.39. The lowest BCUT2D eigenvalue weighted by Gasteiger charge is -2.20. The van der Waals surface area contributed by atoms with Crippen molar-refractivity contribution in [3.05, 3.63) is 66.5 Å². The van der Waals surface area contributed by atoms with Crippen molar-refractivity contribution in [1.29, 1.82) is 0 Å². The van der Waals surface area contributed by atoms with Crippen LogP contribution in [0.3, 0.4) is 0 Å². The van der Waals surface area contributed by atoms with E-state index in [-0.39, 0.29) is 5.91 Å². The minimum atomic E-state index is -0.151. The molecule has 0 atom stereocenters. The third-order valence-electron chi connectivity index (χ3n) is 5.47. The molecule has 2 aromatic heterocycles. The number of aryl methyl sites for hydroxylation is 1. The first kappa shape index (κ1) is 18.3. The van der Waals surface area contributed by atoms with Crippen LogP contribution in [0.2, 0.25) is 0 Å². The number of aromatic nitrogens is 4. The van der Waals surface area contributed by atoms with Crippen molar-refractivity contribution >= 4 is 28.3 Å². The first-order valence-electron chi connectivity index (χ1n) is 10.1. The fraction of sp³-hybridized carbons (Fsp3) is 0.217. The summed E-state index contributed by atoms with van der Waals surface area (Å²) in [6.45, 7) is 1.86. The van der Waals surface area contributed by atoms with Gasteiger partial charge in [-0.05, 0) is 49.2 Å². The van der Waals surface area contributed by atoms with Crippen LogP contribution in [0.1, 0.15) is 23.2 Å². The van der Waals surface area contributed by atoms with Crippen LogP contribution in [0.25, 0.3) is 22.3 Å². The molecule has 1 saturated heterocycles. The number of nitrogens with one attached hydrogen (secondary N) is 1. The summed E-state index contributed by atoms with van der Waals surface area (Å²) in [5.41, 5.74) is 3.18. The minimum Gasteiger partial charge on any atom is -0.356 e. The summed E-state index contributed by atoms with van der Waals surface area (Å²) < 4.78 is 1.86. The van der Waals surface area contributed by atoms with E-state index in [1.807, 2.05) is 66.2 Å². The lowest BCUT2D eigenvalue weighted by atomic mass is 10.1. The average molecular weight is 398 g/mol. The van der Waals surface area contributed by atoms with Gasteiger partial charge in [-0.25, -0.2) is 4.98 Å². The molecule has 1 aliphatic rings. The van der Waals surface area contributed by atoms with Gasteiger partial charge < -0.3 is 14.8 Å². The number of carbonyl (C=O) groups excluding carboxylic acids is 1. The largest absolute Gasteiger partial charge is 0.356 e. The predicted molar refractivity (Wildman–Crippen MR) is 118 cm³/mol. The summed E-state index contributed by atoms with van der Waals surface area (Å²) in [7, 11) is 1.90. The van der Waals surface area contributed by atoms with Crippen LogP contribution in [-0.4, -0.2) is 38.7 Å². The Hall–Kier alpha value is -3.74. The zero-order chi connectivity index (χ0) is 20.5. The molecule has 0 saturated carbocycles. The number of para-hydroxylation sites is 1. The van der Waals surface area contributed by atoms with Crippen LogP contribution in [0, 0.1) is 0 Å². The van der Waals surface area contributed by atoms with Crippen LogP contribution in [0.5, 0.6) is 0 Å². The fourth-order valence-corrected chi connectivity index (χ4v) is 3.89. The molecule has 0 bridgehead atoms. The van der Waals surface area contributed by atoms with Gasteiger partial charge in [0.2, 0.25) is 0 Å². The van der Waals surface area contributed by atoms with Crippen molar-refractivity contribution in [3.8, 4) is 11.4 Å². The number of carbonyl (C=O) groups is 1. The maximum absolute atomic E-state index is 13.2. The summed E-state index contributed by atoms with van der Waals surface area (Å²) >= 11 is 0. The first-order chi connectivity index (χ1) is 14.7. The van der Waals surface area contributed by atoms with Gasteiger partial charge in [-0.15, -0.1) is 10.2 Å². The first-order valence-corrected chi connectivity index (χ1v) is 10.1. The van der Waals surface area contributed by atoms with Crippen molar-refractivity contribution in [2.45, 2.75) is 12.8 Å². The lowest BCUT2D eigenvalue weighted by molar-refractivity contribution is 0.102. The Morgan fingerprint density at radius 2 is 1.80 bits per heavy atom. The monoisotopic (exact) mass is 398 g/mol. The quantitative estimate of drug-likeness (QED) is 0.565. The molecule has 2 aromatic carbocycles. The normalized spacial score (nSPS) is 13.7. The molecule has 1 N–H and O–H groups in total. The highest BCUT2D eigenvalue weighted by Gasteiger charge is 2.22. The zero-order valence-corrected chi connectivity index (χ0v) is 16.7. The molecule has 0 spiro atoms. The number of benzene rings is 2. The van der Waals surface area contributed by atoms with Gasteiger partial charge in [0.1, 0.15) is 12.1 Å². The van der Waals surface area contributed by atoms with Gasteiger partial charge >= 0.3 is 0 Å². The highest BCUT2D eigenvalue weighted by atomic mass is 16.1. The second-order valence-corrected chi connectivity index (χ2v) is 7.54. The summed E-state index contributed by atoms with van der Waals surface area (Å²) in [6, 6.07) is 17.5. The Bertz CT molecular complexity index is 1210. The Balaban J connectivity index is 1.45. The molecule has 0 aliphatic carbocycles. The summed E-state index contributed by atoms with van der Waals surface area (Å²) in [4.78, 5) is 20.2. The van der Waals surface area contributed by atoms with E-state index in [4.69, 9.17) is 4.98 Å². The van der Waals surface area contributed by atoms with Crippen LogP contribution in [0.15, 0.2) is 60.9 Å². The number of rotatable bonds is 4. The summed E-state index contributed by atoms with van der Waals surface area (Å²) in [5.74, 6) is 1.39. The van der Waals surface area contributed by atoms with E-state index in [0.29, 0.717) is 5.56 Å². The molecule has 7 heteroatoms. The maximum Gasteiger partial charge on any atom is 0.259 e. The van der Waals surface area contributed by atoms with Crippen molar-refractivity contribution in [3.63, 3.8) is 0 Å². The Morgan fingerprint density at radius 1 is 1.03 bits per heavy atom. The number of pyridine rings is 1. The van der Waals surface area contributed by atoms with E-state index in [1.165, 1.54) is 0 Å². The lowest BCUT2D eigenvalue weighted by Crippen LogP contribution is -2.24. The molecule has 3 heterocycles. The zero-order valence-electron chi connectivity index (χ0n) is 16.7. The fourth-order valence-electron chi connectivity index (χ4n) is 3.89. The standard InChI is InChI=1S/C23H22N6O/c1-28-15-24-27-21(28)16-8-10-18(11-9-16)25-23(30)19-14-17-6-2-3-7-20(17)26-22(19)29-12-4-5-13-29/h2-3,6-11,14-15H,4-5,12-13H2,1H3,(H,25,30). The van der Waals surface area contributed by atoms with Gasteiger partial charge in [0.15, 0.2) is 5.82 Å². The molecular weight excluding hydrogens is 376 g/mol. The Labute approximate surface area is 174 Å². The van der Waals surface area contributed by atoms with E-state index < -0.39 is 0 Å².